The molecule has 1 N–H and O–H groups in total. The molecule has 0 saturated heterocycles. The zero-order valence-electron chi connectivity index (χ0n) is 20.6. The van der Waals surface area contributed by atoms with Crippen molar-refractivity contribution in [3.8, 4) is 33.6 Å². The molecular weight excluding hydrogens is 501 g/mol. The van der Waals surface area contributed by atoms with E-state index in [2.05, 4.69) is 19.7 Å². The molecule has 0 fully saturated rings. The molecule has 0 saturated carbocycles. The predicted molar refractivity (Wildman–Crippen MR) is 136 cm³/mol. The van der Waals surface area contributed by atoms with E-state index in [9.17, 15) is 21.6 Å². The highest BCUT2D eigenvalue weighted by Crippen LogP contribution is 2.36. The largest absolute Gasteiger partial charge is 0.433 e. The summed E-state index contributed by atoms with van der Waals surface area (Å²) >= 11 is 0. The molecule has 0 amide bonds. The van der Waals surface area contributed by atoms with E-state index in [0.717, 1.165) is 6.07 Å². The van der Waals surface area contributed by atoms with Crippen LogP contribution in [0, 0.1) is 6.92 Å². The van der Waals surface area contributed by atoms with Gasteiger partial charge in [0.1, 0.15) is 5.69 Å². The Morgan fingerprint density at radius 3 is 2.19 bits per heavy atom. The summed E-state index contributed by atoms with van der Waals surface area (Å²) in [7, 11) is -3.87. The van der Waals surface area contributed by atoms with Gasteiger partial charge in [0, 0.05) is 40.3 Å². The van der Waals surface area contributed by atoms with Gasteiger partial charge in [0.25, 0.3) is 0 Å². The monoisotopic (exact) mass is 526 g/mol. The molecule has 3 aromatic heterocycles. The van der Waals surface area contributed by atoms with E-state index >= 15 is 0 Å². The average Bonchev–Trinajstić information content (AvgIpc) is 2.82. The Kier molecular flexibility index (Phi) is 6.91. The van der Waals surface area contributed by atoms with Crippen LogP contribution in [0.3, 0.4) is 0 Å². The fourth-order valence-corrected chi connectivity index (χ4v) is 5.54. The van der Waals surface area contributed by atoms with Crippen LogP contribution >= 0.6 is 0 Å². The molecular formula is C27H25F3N4O2S. The van der Waals surface area contributed by atoms with Crippen LogP contribution in [0.25, 0.3) is 33.6 Å². The molecule has 0 unspecified atom stereocenters. The third-order valence-electron chi connectivity index (χ3n) is 5.30. The van der Waals surface area contributed by atoms with E-state index in [1.165, 1.54) is 18.3 Å². The van der Waals surface area contributed by atoms with Crippen molar-refractivity contribution in [2.45, 2.75) is 44.3 Å². The fourth-order valence-electron chi connectivity index (χ4n) is 3.90. The molecule has 0 aliphatic rings. The third kappa shape index (κ3) is 6.03. The molecule has 1 aromatic carbocycles. The van der Waals surface area contributed by atoms with Gasteiger partial charge in [-0.05, 0) is 63.6 Å². The van der Waals surface area contributed by atoms with Crippen LogP contribution in [-0.4, -0.2) is 28.9 Å². The second kappa shape index (κ2) is 9.68. The summed E-state index contributed by atoms with van der Waals surface area (Å²) in [6.07, 6.45) is -1.79. The molecule has 10 heteroatoms. The Morgan fingerprint density at radius 1 is 0.838 bits per heavy atom. The summed E-state index contributed by atoms with van der Waals surface area (Å²) in [6.45, 7) is 7.05. The van der Waals surface area contributed by atoms with Gasteiger partial charge in [0.05, 0.1) is 16.3 Å². The number of hydrogen-bond acceptors (Lipinski definition) is 5. The van der Waals surface area contributed by atoms with Crippen LogP contribution in [-0.2, 0) is 16.2 Å². The van der Waals surface area contributed by atoms with Gasteiger partial charge in [0.2, 0.25) is 10.0 Å². The average molecular weight is 527 g/mol. The molecule has 0 atom stereocenters. The first-order valence-corrected chi connectivity index (χ1v) is 12.8. The van der Waals surface area contributed by atoms with Crippen LogP contribution < -0.4 is 4.72 Å². The number of halogens is 3. The minimum Gasteiger partial charge on any atom is -0.254 e. The summed E-state index contributed by atoms with van der Waals surface area (Å²) in [4.78, 5) is 12.8. The lowest BCUT2D eigenvalue weighted by atomic mass is 9.99. The molecule has 6 nitrogen and oxygen atoms in total. The van der Waals surface area contributed by atoms with Crippen molar-refractivity contribution in [1.29, 1.82) is 0 Å². The van der Waals surface area contributed by atoms with Crippen LogP contribution in [0.4, 0.5) is 13.2 Å². The molecule has 4 rings (SSSR count). The minimum atomic E-state index is -4.53. The van der Waals surface area contributed by atoms with E-state index in [4.69, 9.17) is 0 Å². The van der Waals surface area contributed by atoms with Gasteiger partial charge in [-0.3, -0.25) is 15.0 Å². The maximum atomic E-state index is 13.2. The summed E-state index contributed by atoms with van der Waals surface area (Å²) in [5.41, 5.74) is 1.91. The number of benzene rings is 1. The van der Waals surface area contributed by atoms with Crippen molar-refractivity contribution < 1.29 is 21.6 Å². The van der Waals surface area contributed by atoms with Crippen molar-refractivity contribution in [3.63, 3.8) is 0 Å². The highest BCUT2D eigenvalue weighted by molar-refractivity contribution is 7.89. The van der Waals surface area contributed by atoms with Gasteiger partial charge >= 0.3 is 6.18 Å². The van der Waals surface area contributed by atoms with Crippen molar-refractivity contribution >= 4 is 10.0 Å². The predicted octanol–water partition coefficient (Wildman–Crippen LogP) is 6.28. The number of alkyl halides is 3. The molecule has 0 spiro atoms. The van der Waals surface area contributed by atoms with Gasteiger partial charge in [-0.1, -0.05) is 30.3 Å². The maximum Gasteiger partial charge on any atom is 0.433 e. The number of hydrogen-bond donors (Lipinski definition) is 1. The van der Waals surface area contributed by atoms with Crippen LogP contribution in [0.15, 0.2) is 78.0 Å². The van der Waals surface area contributed by atoms with Gasteiger partial charge in [0.15, 0.2) is 0 Å². The maximum absolute atomic E-state index is 13.2. The zero-order valence-corrected chi connectivity index (χ0v) is 21.4. The summed E-state index contributed by atoms with van der Waals surface area (Å²) in [6, 6.07) is 15.8. The first-order chi connectivity index (χ1) is 17.2. The Bertz CT molecular complexity index is 1550. The van der Waals surface area contributed by atoms with Gasteiger partial charge in [-0.2, -0.15) is 13.2 Å². The highest BCUT2D eigenvalue weighted by atomic mass is 32.2. The van der Waals surface area contributed by atoms with E-state index < -0.39 is 27.4 Å². The summed E-state index contributed by atoms with van der Waals surface area (Å²) in [5, 5.41) is 0. The SMILES string of the molecule is Cc1cc(-c2ccc(C(F)(F)F)nc2)cc(-c2ncccc2-c2ccccc2S(=O)(=O)NC(C)(C)C)n1. The molecule has 0 aliphatic carbocycles. The Balaban J connectivity index is 1.84. The second-order valence-electron chi connectivity index (χ2n) is 9.56. The molecule has 3 heterocycles. The van der Waals surface area contributed by atoms with Crippen LogP contribution in [0.1, 0.15) is 32.2 Å². The summed E-state index contributed by atoms with van der Waals surface area (Å²) < 4.78 is 68.0. The van der Waals surface area contributed by atoms with Crippen LogP contribution in [0.2, 0.25) is 0 Å². The highest BCUT2D eigenvalue weighted by Gasteiger charge is 2.32. The fraction of sp³-hybridized carbons (Fsp3) is 0.222. The number of nitrogens with one attached hydrogen (secondary N) is 1. The van der Waals surface area contributed by atoms with Crippen molar-refractivity contribution in [3.05, 3.63) is 84.4 Å². The van der Waals surface area contributed by atoms with Crippen molar-refractivity contribution in [2.24, 2.45) is 0 Å². The lowest BCUT2D eigenvalue weighted by Gasteiger charge is -2.22. The number of aryl methyl sites for hydroxylation is 1. The first-order valence-electron chi connectivity index (χ1n) is 11.4. The standard InChI is InChI=1S/C27H25F3N4O2S/c1-17-14-19(18-11-12-24(32-16-18)27(28,29)30)15-22(33-17)25-21(9-7-13-31-25)20-8-5-6-10-23(20)37(35,36)34-26(2,3)4/h5-16,34H,1-4H3. The van der Waals surface area contributed by atoms with Crippen molar-refractivity contribution in [1.82, 2.24) is 19.7 Å². The van der Waals surface area contributed by atoms with E-state index in [1.807, 2.05) is 0 Å². The molecule has 0 radical (unpaired) electrons. The molecule has 37 heavy (non-hydrogen) atoms. The minimum absolute atomic E-state index is 0.0963. The van der Waals surface area contributed by atoms with E-state index in [0.29, 0.717) is 39.3 Å². The Labute approximate surface area is 213 Å². The molecule has 0 bridgehead atoms. The normalized spacial score (nSPS) is 12.5. The topological polar surface area (TPSA) is 84.8 Å². The number of aromatic nitrogens is 3. The Hall–Kier alpha value is -3.63. The second-order valence-corrected chi connectivity index (χ2v) is 11.2. The number of sulfonamides is 1. The zero-order chi connectivity index (χ0) is 27.0. The third-order valence-corrected chi connectivity index (χ3v) is 7.11. The van der Waals surface area contributed by atoms with Gasteiger partial charge in [-0.25, -0.2) is 13.1 Å². The van der Waals surface area contributed by atoms with Gasteiger partial charge < -0.3 is 0 Å². The van der Waals surface area contributed by atoms with E-state index in [-0.39, 0.29) is 4.90 Å². The van der Waals surface area contributed by atoms with E-state index in [1.54, 1.807) is 76.4 Å². The molecule has 192 valence electrons. The van der Waals surface area contributed by atoms with Crippen molar-refractivity contribution in [2.75, 3.05) is 0 Å². The smallest absolute Gasteiger partial charge is 0.254 e. The number of pyridine rings is 3. The number of nitrogens with zero attached hydrogens (tertiary/aromatic N) is 3. The van der Waals surface area contributed by atoms with Gasteiger partial charge in [-0.15, -0.1) is 0 Å². The van der Waals surface area contributed by atoms with Crippen LogP contribution in [0.5, 0.6) is 0 Å². The lowest BCUT2D eigenvalue weighted by Crippen LogP contribution is -2.40. The first kappa shape index (κ1) is 26.4. The summed E-state index contributed by atoms with van der Waals surface area (Å²) in [5.74, 6) is 0. The molecule has 0 aliphatic heterocycles. The molecule has 4 aromatic rings. The Morgan fingerprint density at radius 2 is 1.54 bits per heavy atom. The number of rotatable bonds is 5. The lowest BCUT2D eigenvalue weighted by molar-refractivity contribution is -0.141. The quantitative estimate of drug-likeness (QED) is 0.331.